The van der Waals surface area contributed by atoms with Gasteiger partial charge in [0.25, 0.3) is 0 Å². The Hall–Kier alpha value is -0.163. The van der Waals surface area contributed by atoms with Crippen LogP contribution >= 0.6 is 0 Å². The summed E-state index contributed by atoms with van der Waals surface area (Å²) in [4.78, 5) is 0. The van der Waals surface area contributed by atoms with Gasteiger partial charge in [0.05, 0.1) is 0 Å². The lowest BCUT2D eigenvalue weighted by molar-refractivity contribution is 0.138. The van der Waals surface area contributed by atoms with Crippen molar-refractivity contribution in [3.63, 3.8) is 0 Å². The molecule has 19 heavy (non-hydrogen) atoms. The Labute approximate surface area is 120 Å². The Morgan fingerprint density at radius 3 is 1.68 bits per heavy atom. The Morgan fingerprint density at radius 1 is 0.737 bits per heavy atom. The van der Waals surface area contributed by atoms with E-state index in [0.717, 1.165) is 6.42 Å². The van der Waals surface area contributed by atoms with Crippen molar-refractivity contribution < 1.29 is 13.3 Å². The molecule has 0 aromatic carbocycles. The summed E-state index contributed by atoms with van der Waals surface area (Å²) in [7, 11) is 2.43. The van der Waals surface area contributed by atoms with Crippen LogP contribution in [0.2, 0.25) is 0 Å². The summed E-state index contributed by atoms with van der Waals surface area (Å²) in [6.07, 6.45) is 14.0. The second kappa shape index (κ2) is 12.8. The molecule has 0 heterocycles. The molecule has 0 radical (unpaired) electrons. The van der Waals surface area contributed by atoms with Gasteiger partial charge in [0.2, 0.25) is 0 Å². The molecule has 3 nitrogen and oxygen atoms in total. The molecule has 0 N–H and O–H groups in total. The van der Waals surface area contributed by atoms with Gasteiger partial charge < -0.3 is 13.3 Å². The van der Waals surface area contributed by atoms with Crippen molar-refractivity contribution in [3.05, 3.63) is 11.8 Å². The SMILES string of the molecule is CCCCCCCCCC/C=C/[Si](OC)(OC)OC. The normalized spacial score (nSPS) is 12.4. The lowest BCUT2D eigenvalue weighted by Gasteiger charge is -2.20. The molecular weight excluding hydrogens is 256 g/mol. The number of allylic oxidation sites excluding steroid dienone is 1. The van der Waals surface area contributed by atoms with Crippen LogP contribution in [0.4, 0.5) is 0 Å². The summed E-state index contributed by atoms with van der Waals surface area (Å²) >= 11 is 0. The zero-order chi connectivity index (χ0) is 14.4. The molecule has 0 unspecified atom stereocenters. The lowest BCUT2D eigenvalue weighted by Crippen LogP contribution is -2.40. The summed E-state index contributed by atoms with van der Waals surface area (Å²) in [5.74, 6) is 0. The fraction of sp³-hybridized carbons (Fsp3) is 0.867. The average Bonchev–Trinajstić information content (AvgIpc) is 2.46. The van der Waals surface area contributed by atoms with E-state index in [1.54, 1.807) is 21.3 Å². The number of rotatable bonds is 13. The minimum atomic E-state index is -2.49. The number of hydrogen-bond acceptors (Lipinski definition) is 3. The zero-order valence-corrected chi connectivity index (χ0v) is 14.2. The van der Waals surface area contributed by atoms with E-state index in [1.807, 2.05) is 5.70 Å². The van der Waals surface area contributed by atoms with Gasteiger partial charge in [0.15, 0.2) is 0 Å². The van der Waals surface area contributed by atoms with Gasteiger partial charge in [-0.15, -0.1) is 0 Å². The molecule has 0 bridgehead atoms. The third kappa shape index (κ3) is 9.38. The van der Waals surface area contributed by atoms with Crippen LogP contribution in [0, 0.1) is 0 Å². The molecule has 0 fully saturated rings. The van der Waals surface area contributed by atoms with Crippen LogP contribution in [-0.2, 0) is 13.3 Å². The first-order valence-electron chi connectivity index (χ1n) is 7.57. The standard InChI is InChI=1S/C15H32O3Si/c1-5-6-7-8-9-10-11-12-13-14-15-19(16-2,17-3)18-4/h14-15H,5-13H2,1-4H3/b15-14+. The van der Waals surface area contributed by atoms with E-state index < -0.39 is 8.80 Å². The van der Waals surface area contributed by atoms with Gasteiger partial charge in [-0.1, -0.05) is 57.9 Å². The van der Waals surface area contributed by atoms with Crippen LogP contribution in [-0.4, -0.2) is 30.1 Å². The van der Waals surface area contributed by atoms with E-state index in [9.17, 15) is 0 Å². The van der Waals surface area contributed by atoms with Crippen molar-refractivity contribution in [2.24, 2.45) is 0 Å². The van der Waals surface area contributed by atoms with E-state index in [0.29, 0.717) is 0 Å². The molecule has 0 aromatic rings. The van der Waals surface area contributed by atoms with Crippen LogP contribution in [0.15, 0.2) is 11.8 Å². The first-order valence-corrected chi connectivity index (χ1v) is 9.38. The number of unbranched alkanes of at least 4 members (excludes halogenated alkanes) is 8. The zero-order valence-electron chi connectivity index (χ0n) is 13.2. The molecule has 0 aliphatic rings. The van der Waals surface area contributed by atoms with E-state index in [1.165, 1.54) is 51.4 Å². The first-order chi connectivity index (χ1) is 9.24. The van der Waals surface area contributed by atoms with Gasteiger partial charge in [-0.05, 0) is 18.5 Å². The van der Waals surface area contributed by atoms with Gasteiger partial charge in [-0.3, -0.25) is 0 Å². The average molecular weight is 289 g/mol. The van der Waals surface area contributed by atoms with Crippen LogP contribution in [0.5, 0.6) is 0 Å². The van der Waals surface area contributed by atoms with Crippen LogP contribution in [0.3, 0.4) is 0 Å². The second-order valence-corrected chi connectivity index (χ2v) is 7.65. The molecule has 0 aliphatic heterocycles. The summed E-state index contributed by atoms with van der Waals surface area (Å²) in [5.41, 5.74) is 1.98. The van der Waals surface area contributed by atoms with Crippen molar-refractivity contribution in [1.29, 1.82) is 0 Å². The molecule has 0 saturated carbocycles. The third-order valence-corrected chi connectivity index (χ3v) is 5.75. The van der Waals surface area contributed by atoms with E-state index >= 15 is 0 Å². The van der Waals surface area contributed by atoms with Crippen molar-refractivity contribution in [1.82, 2.24) is 0 Å². The van der Waals surface area contributed by atoms with Crippen molar-refractivity contribution in [3.8, 4) is 0 Å². The van der Waals surface area contributed by atoms with Gasteiger partial charge in [-0.25, -0.2) is 0 Å². The fourth-order valence-corrected chi connectivity index (χ4v) is 3.44. The summed E-state index contributed by atoms with van der Waals surface area (Å²) in [6.45, 7) is 2.26. The monoisotopic (exact) mass is 288 g/mol. The first kappa shape index (κ1) is 18.8. The van der Waals surface area contributed by atoms with Gasteiger partial charge in [0, 0.05) is 21.3 Å². The van der Waals surface area contributed by atoms with Gasteiger partial charge in [-0.2, -0.15) is 0 Å². The van der Waals surface area contributed by atoms with E-state index in [4.69, 9.17) is 13.3 Å². The van der Waals surface area contributed by atoms with Gasteiger partial charge >= 0.3 is 8.80 Å². The minimum absolute atomic E-state index is 1.08. The van der Waals surface area contributed by atoms with Crippen LogP contribution < -0.4 is 0 Å². The minimum Gasteiger partial charge on any atom is -0.374 e. The van der Waals surface area contributed by atoms with Crippen molar-refractivity contribution in [2.45, 2.75) is 64.7 Å². The molecule has 0 amide bonds. The highest BCUT2D eigenvalue weighted by Crippen LogP contribution is 2.12. The van der Waals surface area contributed by atoms with Crippen molar-refractivity contribution >= 4 is 8.80 Å². The molecule has 0 aromatic heterocycles. The molecule has 4 heteroatoms. The molecule has 0 spiro atoms. The summed E-state index contributed by atoms with van der Waals surface area (Å²) in [5, 5.41) is 0. The van der Waals surface area contributed by atoms with E-state index in [-0.39, 0.29) is 0 Å². The highest BCUT2D eigenvalue weighted by Gasteiger charge is 2.33. The highest BCUT2D eigenvalue weighted by atomic mass is 28.4. The Kier molecular flexibility index (Phi) is 12.7. The highest BCUT2D eigenvalue weighted by molar-refractivity contribution is 6.66. The Balaban J connectivity index is 3.52. The molecule has 114 valence electrons. The molecule has 0 rings (SSSR count). The van der Waals surface area contributed by atoms with E-state index in [2.05, 4.69) is 13.0 Å². The molecule has 0 saturated heterocycles. The maximum absolute atomic E-state index is 5.33. The quantitative estimate of drug-likeness (QED) is 0.369. The summed E-state index contributed by atoms with van der Waals surface area (Å²) in [6, 6.07) is 0. The lowest BCUT2D eigenvalue weighted by atomic mass is 10.1. The molecule has 0 aliphatic carbocycles. The Bertz CT molecular complexity index is 207. The summed E-state index contributed by atoms with van der Waals surface area (Å²) < 4.78 is 16.0. The third-order valence-electron chi connectivity index (χ3n) is 3.40. The van der Waals surface area contributed by atoms with Gasteiger partial charge in [0.1, 0.15) is 0 Å². The molecular formula is C15H32O3Si. The largest absolute Gasteiger partial charge is 0.528 e. The predicted molar refractivity (Wildman–Crippen MR) is 83.1 cm³/mol. The maximum Gasteiger partial charge on any atom is 0.528 e. The number of hydrogen-bond donors (Lipinski definition) is 0. The fourth-order valence-electron chi connectivity index (χ4n) is 2.08. The topological polar surface area (TPSA) is 27.7 Å². The molecule has 0 atom stereocenters. The van der Waals surface area contributed by atoms with Crippen LogP contribution in [0.25, 0.3) is 0 Å². The Morgan fingerprint density at radius 2 is 1.21 bits per heavy atom. The van der Waals surface area contributed by atoms with Crippen LogP contribution in [0.1, 0.15) is 64.7 Å². The second-order valence-electron chi connectivity index (χ2n) is 4.88. The maximum atomic E-state index is 5.33. The van der Waals surface area contributed by atoms with Crippen molar-refractivity contribution in [2.75, 3.05) is 21.3 Å². The predicted octanol–water partition coefficient (Wildman–Crippen LogP) is 4.49. The smallest absolute Gasteiger partial charge is 0.374 e.